The van der Waals surface area contributed by atoms with Gasteiger partial charge in [-0.25, -0.2) is 0 Å². The molecule has 136 valence electrons. The Morgan fingerprint density at radius 1 is 1.24 bits per heavy atom. The monoisotopic (exact) mass is 344 g/mol. The Labute approximate surface area is 149 Å². The summed E-state index contributed by atoms with van der Waals surface area (Å²) in [6.45, 7) is 1.24. The second-order valence-electron chi connectivity index (χ2n) is 7.06. The van der Waals surface area contributed by atoms with Crippen LogP contribution in [0, 0.1) is 0 Å². The topological polar surface area (TPSA) is 74.3 Å². The van der Waals surface area contributed by atoms with Gasteiger partial charge in [0.25, 0.3) is 0 Å². The number of nitrogens with one attached hydrogen (secondary N) is 2. The van der Waals surface area contributed by atoms with Gasteiger partial charge in [-0.05, 0) is 37.8 Å². The Kier molecular flexibility index (Phi) is 5.68. The van der Waals surface area contributed by atoms with Crippen LogP contribution in [0.2, 0.25) is 0 Å². The van der Waals surface area contributed by atoms with Gasteiger partial charge in [-0.3, -0.25) is 19.5 Å². The van der Waals surface area contributed by atoms with Crippen molar-refractivity contribution in [3.05, 3.63) is 30.1 Å². The molecule has 3 rings (SSSR count). The largest absolute Gasteiger partial charge is 0.358 e. The predicted molar refractivity (Wildman–Crippen MR) is 95.7 cm³/mol. The first kappa shape index (κ1) is 17.9. The normalized spacial score (nSPS) is 23.2. The number of likely N-dealkylation sites (tertiary alicyclic amines) is 1. The number of rotatable bonds is 5. The second-order valence-corrected chi connectivity index (χ2v) is 7.06. The van der Waals surface area contributed by atoms with E-state index in [-0.39, 0.29) is 17.9 Å². The summed E-state index contributed by atoms with van der Waals surface area (Å²) in [7, 11) is 1.70. The predicted octanol–water partition coefficient (Wildman–Crippen LogP) is 1.61. The molecule has 1 aliphatic heterocycles. The van der Waals surface area contributed by atoms with Gasteiger partial charge in [0.05, 0.1) is 18.3 Å². The maximum absolute atomic E-state index is 12.8. The lowest BCUT2D eigenvalue weighted by atomic mass is 9.79. The first-order valence-corrected chi connectivity index (χ1v) is 9.34. The molecule has 0 aromatic carbocycles. The van der Waals surface area contributed by atoms with Gasteiger partial charge in [0.2, 0.25) is 11.8 Å². The summed E-state index contributed by atoms with van der Waals surface area (Å²) >= 11 is 0. The molecule has 2 amide bonds. The van der Waals surface area contributed by atoms with Crippen LogP contribution in [0.5, 0.6) is 0 Å². The fourth-order valence-corrected chi connectivity index (χ4v) is 4.36. The molecule has 6 heteroatoms. The highest BCUT2D eigenvalue weighted by atomic mass is 16.2. The van der Waals surface area contributed by atoms with Crippen LogP contribution in [0.25, 0.3) is 0 Å². The molecular formula is C19H28N4O2. The van der Waals surface area contributed by atoms with Gasteiger partial charge in [-0.15, -0.1) is 0 Å². The molecule has 2 aliphatic rings. The number of hydrogen-bond acceptors (Lipinski definition) is 4. The van der Waals surface area contributed by atoms with Gasteiger partial charge in [-0.1, -0.05) is 25.3 Å². The van der Waals surface area contributed by atoms with E-state index in [1.54, 1.807) is 13.2 Å². The number of pyridine rings is 1. The van der Waals surface area contributed by atoms with Crippen LogP contribution in [0.1, 0.15) is 50.6 Å². The smallest absolute Gasteiger partial charge is 0.240 e. The van der Waals surface area contributed by atoms with Crippen LogP contribution in [0.4, 0.5) is 0 Å². The fourth-order valence-electron chi connectivity index (χ4n) is 4.36. The van der Waals surface area contributed by atoms with E-state index in [9.17, 15) is 9.59 Å². The lowest BCUT2D eigenvalue weighted by molar-refractivity contribution is -0.140. The number of amides is 2. The summed E-state index contributed by atoms with van der Waals surface area (Å²) in [5.41, 5.74) is 0.329. The molecule has 1 aromatic heterocycles. The van der Waals surface area contributed by atoms with Gasteiger partial charge in [0.15, 0.2) is 0 Å². The first-order valence-electron chi connectivity index (χ1n) is 9.34. The van der Waals surface area contributed by atoms with Crippen LogP contribution in [-0.2, 0) is 16.1 Å². The van der Waals surface area contributed by atoms with Crippen molar-refractivity contribution in [3.8, 4) is 0 Å². The molecule has 0 unspecified atom stereocenters. The average Bonchev–Trinajstić information content (AvgIpc) is 3.17. The van der Waals surface area contributed by atoms with Crippen molar-refractivity contribution in [1.82, 2.24) is 20.5 Å². The van der Waals surface area contributed by atoms with Crippen LogP contribution >= 0.6 is 0 Å². The molecule has 25 heavy (non-hydrogen) atoms. The molecule has 6 nitrogen and oxygen atoms in total. The Bertz CT molecular complexity index is 599. The maximum Gasteiger partial charge on any atom is 0.240 e. The minimum atomic E-state index is -0.517. The highest BCUT2D eigenvalue weighted by Gasteiger charge is 2.50. The van der Waals surface area contributed by atoms with Gasteiger partial charge in [0.1, 0.15) is 5.54 Å². The molecule has 1 atom stereocenters. The van der Waals surface area contributed by atoms with E-state index in [0.717, 1.165) is 50.8 Å². The lowest BCUT2D eigenvalue weighted by Crippen LogP contribution is -2.62. The zero-order chi connectivity index (χ0) is 17.7. The van der Waals surface area contributed by atoms with Crippen molar-refractivity contribution < 1.29 is 9.59 Å². The third kappa shape index (κ3) is 3.68. The Hall–Kier alpha value is -1.95. The van der Waals surface area contributed by atoms with Crippen molar-refractivity contribution >= 4 is 11.8 Å². The fraction of sp³-hybridized carbons (Fsp3) is 0.632. The number of carbonyl (C=O) groups is 2. The number of aromatic nitrogens is 1. The molecule has 1 aromatic rings. The van der Waals surface area contributed by atoms with E-state index in [1.165, 1.54) is 6.42 Å². The lowest BCUT2D eigenvalue weighted by Gasteiger charge is -2.45. The Morgan fingerprint density at radius 2 is 2.04 bits per heavy atom. The molecule has 0 radical (unpaired) electrons. The minimum Gasteiger partial charge on any atom is -0.358 e. The van der Waals surface area contributed by atoms with Crippen molar-refractivity contribution in [2.75, 3.05) is 13.6 Å². The van der Waals surface area contributed by atoms with Crippen LogP contribution in [0.15, 0.2) is 24.4 Å². The molecule has 2 heterocycles. The molecule has 0 spiro atoms. The van der Waals surface area contributed by atoms with E-state index in [0.29, 0.717) is 6.54 Å². The summed E-state index contributed by atoms with van der Waals surface area (Å²) in [5.74, 6) is 0.0774. The Balaban J connectivity index is 1.71. The zero-order valence-corrected chi connectivity index (χ0v) is 15.0. The van der Waals surface area contributed by atoms with Crippen LogP contribution in [-0.4, -0.2) is 46.9 Å². The zero-order valence-electron chi connectivity index (χ0n) is 15.0. The van der Waals surface area contributed by atoms with Gasteiger partial charge < -0.3 is 10.6 Å². The highest BCUT2D eigenvalue weighted by molar-refractivity contribution is 5.88. The maximum atomic E-state index is 12.8. The van der Waals surface area contributed by atoms with E-state index in [4.69, 9.17) is 0 Å². The summed E-state index contributed by atoms with van der Waals surface area (Å²) in [5, 5.41) is 5.86. The van der Waals surface area contributed by atoms with Crippen molar-refractivity contribution in [1.29, 1.82) is 0 Å². The van der Waals surface area contributed by atoms with Crippen LogP contribution in [0.3, 0.4) is 0 Å². The van der Waals surface area contributed by atoms with E-state index in [2.05, 4.69) is 20.5 Å². The molecule has 1 saturated carbocycles. The Morgan fingerprint density at radius 3 is 2.72 bits per heavy atom. The SMILES string of the molecule is CNC(=O)C1(N2CCC[C@H]2C(=O)NCc2ccccn2)CCCCC1. The van der Waals surface area contributed by atoms with Gasteiger partial charge in [-0.2, -0.15) is 0 Å². The van der Waals surface area contributed by atoms with Crippen molar-refractivity contribution in [3.63, 3.8) is 0 Å². The van der Waals surface area contributed by atoms with Gasteiger partial charge in [0, 0.05) is 19.8 Å². The number of nitrogens with zero attached hydrogens (tertiary/aromatic N) is 2. The molecular weight excluding hydrogens is 316 g/mol. The third-order valence-corrected chi connectivity index (χ3v) is 5.61. The van der Waals surface area contributed by atoms with E-state index in [1.807, 2.05) is 18.2 Å². The number of likely N-dealkylation sites (N-methyl/N-ethyl adjacent to an activating group) is 1. The molecule has 0 bridgehead atoms. The van der Waals surface area contributed by atoms with E-state index >= 15 is 0 Å². The third-order valence-electron chi connectivity index (χ3n) is 5.61. The average molecular weight is 344 g/mol. The summed E-state index contributed by atoms with van der Waals surface area (Å²) < 4.78 is 0. The summed E-state index contributed by atoms with van der Waals surface area (Å²) in [6.07, 6.45) is 8.45. The molecule has 2 fully saturated rings. The summed E-state index contributed by atoms with van der Waals surface area (Å²) in [4.78, 5) is 32.0. The first-order chi connectivity index (χ1) is 12.2. The van der Waals surface area contributed by atoms with Gasteiger partial charge >= 0.3 is 0 Å². The summed E-state index contributed by atoms with van der Waals surface area (Å²) in [6, 6.07) is 5.46. The molecule has 1 saturated heterocycles. The molecule has 1 aliphatic carbocycles. The second kappa shape index (κ2) is 7.95. The number of hydrogen-bond donors (Lipinski definition) is 2. The number of carbonyl (C=O) groups excluding carboxylic acids is 2. The molecule has 2 N–H and O–H groups in total. The minimum absolute atomic E-state index is 0.0111. The van der Waals surface area contributed by atoms with Crippen LogP contribution < -0.4 is 10.6 Å². The quantitative estimate of drug-likeness (QED) is 0.851. The van der Waals surface area contributed by atoms with Crippen molar-refractivity contribution in [2.24, 2.45) is 0 Å². The standard InChI is InChI=1S/C19H28N4O2/c1-20-18(25)19(10-4-2-5-11-19)23-13-7-9-16(23)17(24)22-14-15-8-3-6-12-21-15/h3,6,8,12,16H,2,4-5,7,9-11,13-14H2,1H3,(H,20,25)(H,22,24)/t16-/m0/s1. The van der Waals surface area contributed by atoms with E-state index < -0.39 is 5.54 Å². The van der Waals surface area contributed by atoms with Crippen molar-refractivity contribution in [2.45, 2.75) is 63.1 Å². The highest BCUT2D eigenvalue weighted by Crippen LogP contribution is 2.38.